The van der Waals surface area contributed by atoms with E-state index in [1.165, 1.54) is 0 Å². The van der Waals surface area contributed by atoms with Gasteiger partial charge in [-0.1, -0.05) is 23.7 Å². The van der Waals surface area contributed by atoms with Crippen LogP contribution in [-0.2, 0) is 9.53 Å². The first-order valence-corrected chi connectivity index (χ1v) is 7.84. The van der Waals surface area contributed by atoms with E-state index in [4.69, 9.17) is 21.1 Å². The third kappa shape index (κ3) is 6.72. The van der Waals surface area contributed by atoms with E-state index in [1.807, 2.05) is 43.3 Å². The molecule has 0 heterocycles. The van der Waals surface area contributed by atoms with Crippen molar-refractivity contribution in [1.82, 2.24) is 0 Å². The minimum Gasteiger partial charge on any atom is -0.494 e. The lowest BCUT2D eigenvalue weighted by Gasteiger charge is -2.08. The lowest BCUT2D eigenvalue weighted by atomic mass is 10.2. The highest BCUT2D eigenvalue weighted by molar-refractivity contribution is 6.30. The number of halogens is 1. The van der Waals surface area contributed by atoms with Crippen LogP contribution >= 0.6 is 11.6 Å². The van der Waals surface area contributed by atoms with Crippen LogP contribution in [0, 0.1) is 6.92 Å². The zero-order valence-corrected chi connectivity index (χ0v) is 13.8. The summed E-state index contributed by atoms with van der Waals surface area (Å²) in [7, 11) is 0. The van der Waals surface area contributed by atoms with Crippen LogP contribution < -0.4 is 10.1 Å². The van der Waals surface area contributed by atoms with Crippen LogP contribution in [-0.4, -0.2) is 25.7 Å². The number of benzene rings is 2. The van der Waals surface area contributed by atoms with Crippen molar-refractivity contribution < 1.29 is 14.3 Å². The molecule has 4 nitrogen and oxygen atoms in total. The van der Waals surface area contributed by atoms with E-state index in [2.05, 4.69) is 5.32 Å². The Balaban J connectivity index is 1.56. The lowest BCUT2D eigenvalue weighted by molar-refractivity contribution is -0.120. The van der Waals surface area contributed by atoms with Crippen molar-refractivity contribution in [2.75, 3.05) is 25.1 Å². The molecular weight excluding hydrogens is 314 g/mol. The first kappa shape index (κ1) is 17.3. The summed E-state index contributed by atoms with van der Waals surface area (Å²) in [5, 5.41) is 3.48. The molecule has 1 amide bonds. The largest absolute Gasteiger partial charge is 0.494 e. The molecule has 2 aromatic rings. The Bertz CT molecular complexity index is 628. The molecule has 5 heteroatoms. The van der Waals surface area contributed by atoms with E-state index in [9.17, 15) is 4.79 Å². The predicted molar refractivity (Wildman–Crippen MR) is 92.2 cm³/mol. The number of hydrogen-bond donors (Lipinski definition) is 1. The van der Waals surface area contributed by atoms with Gasteiger partial charge < -0.3 is 14.8 Å². The van der Waals surface area contributed by atoms with Gasteiger partial charge in [-0.2, -0.15) is 0 Å². The molecule has 122 valence electrons. The predicted octanol–water partition coefficient (Wildman–Crippen LogP) is 4.07. The molecule has 0 saturated carbocycles. The maximum atomic E-state index is 11.7. The Kier molecular flexibility index (Phi) is 6.91. The lowest BCUT2D eigenvalue weighted by Crippen LogP contribution is -2.19. The maximum Gasteiger partial charge on any atom is 0.250 e. The van der Waals surface area contributed by atoms with Crippen molar-refractivity contribution in [2.24, 2.45) is 0 Å². The van der Waals surface area contributed by atoms with Crippen molar-refractivity contribution in [3.8, 4) is 5.75 Å². The fraction of sp³-hybridized carbons (Fsp3) is 0.278. The van der Waals surface area contributed by atoms with E-state index in [1.54, 1.807) is 12.1 Å². The molecule has 0 aliphatic carbocycles. The van der Waals surface area contributed by atoms with Gasteiger partial charge in [0.25, 0.3) is 0 Å². The molecular formula is C18H20ClNO3. The average Bonchev–Trinajstić information content (AvgIpc) is 2.52. The Hall–Kier alpha value is -2.04. The number of anilines is 1. The van der Waals surface area contributed by atoms with Gasteiger partial charge >= 0.3 is 0 Å². The second-order valence-corrected chi connectivity index (χ2v) is 5.56. The van der Waals surface area contributed by atoms with Gasteiger partial charge in [-0.15, -0.1) is 0 Å². The summed E-state index contributed by atoms with van der Waals surface area (Å²) in [4.78, 5) is 11.7. The van der Waals surface area contributed by atoms with Gasteiger partial charge in [-0.25, -0.2) is 0 Å². The molecule has 0 spiro atoms. The summed E-state index contributed by atoms with van der Waals surface area (Å²) >= 11 is 5.80. The molecule has 0 fully saturated rings. The second-order valence-electron chi connectivity index (χ2n) is 5.13. The molecule has 0 saturated heterocycles. The number of nitrogens with one attached hydrogen (secondary N) is 1. The van der Waals surface area contributed by atoms with Gasteiger partial charge in [0.05, 0.1) is 13.2 Å². The van der Waals surface area contributed by atoms with Crippen molar-refractivity contribution in [3.63, 3.8) is 0 Å². The molecule has 0 aliphatic rings. The SMILES string of the molecule is Cc1cccc(NC(=O)COCCCOc2ccc(Cl)cc2)c1. The molecule has 0 aromatic heterocycles. The Morgan fingerprint density at radius 2 is 1.91 bits per heavy atom. The van der Waals surface area contributed by atoms with Gasteiger partial charge in [0.2, 0.25) is 5.91 Å². The molecule has 0 atom stereocenters. The van der Waals surface area contributed by atoms with Crippen LogP contribution in [0.2, 0.25) is 5.02 Å². The summed E-state index contributed by atoms with van der Waals surface area (Å²) in [6.45, 7) is 3.01. The van der Waals surface area contributed by atoms with E-state index in [-0.39, 0.29) is 12.5 Å². The number of carbonyl (C=O) groups is 1. The highest BCUT2D eigenvalue weighted by atomic mass is 35.5. The van der Waals surface area contributed by atoms with Crippen LogP contribution in [0.1, 0.15) is 12.0 Å². The first-order valence-electron chi connectivity index (χ1n) is 7.46. The smallest absolute Gasteiger partial charge is 0.250 e. The topological polar surface area (TPSA) is 47.6 Å². The first-order chi connectivity index (χ1) is 11.1. The van der Waals surface area contributed by atoms with Crippen molar-refractivity contribution in [2.45, 2.75) is 13.3 Å². The molecule has 2 aromatic carbocycles. The van der Waals surface area contributed by atoms with E-state index in [0.29, 0.717) is 24.7 Å². The van der Waals surface area contributed by atoms with Crippen LogP contribution in [0.3, 0.4) is 0 Å². The summed E-state index contributed by atoms with van der Waals surface area (Å²) in [6.07, 6.45) is 0.709. The number of ether oxygens (including phenoxy) is 2. The van der Waals surface area contributed by atoms with Crippen molar-refractivity contribution in [3.05, 3.63) is 59.1 Å². The third-order valence-corrected chi connectivity index (χ3v) is 3.30. The van der Waals surface area contributed by atoms with Crippen LogP contribution in [0.25, 0.3) is 0 Å². The summed E-state index contributed by atoms with van der Waals surface area (Å²) in [5.41, 5.74) is 1.88. The standard InChI is InChI=1S/C18H20ClNO3/c1-14-4-2-5-16(12-14)20-18(21)13-22-10-3-11-23-17-8-6-15(19)7-9-17/h2,4-9,12H,3,10-11,13H2,1H3,(H,20,21). The van der Waals surface area contributed by atoms with Gasteiger partial charge in [-0.05, 0) is 48.9 Å². The monoisotopic (exact) mass is 333 g/mol. The molecule has 2 rings (SSSR count). The Labute approximate surface area is 141 Å². The molecule has 23 heavy (non-hydrogen) atoms. The van der Waals surface area contributed by atoms with Crippen LogP contribution in [0.15, 0.2) is 48.5 Å². The van der Waals surface area contributed by atoms with Gasteiger partial charge in [0.1, 0.15) is 12.4 Å². The van der Waals surface area contributed by atoms with Crippen LogP contribution in [0.4, 0.5) is 5.69 Å². The van der Waals surface area contributed by atoms with E-state index < -0.39 is 0 Å². The zero-order valence-electron chi connectivity index (χ0n) is 13.0. The fourth-order valence-corrected chi connectivity index (χ4v) is 2.09. The minimum atomic E-state index is -0.158. The van der Waals surface area contributed by atoms with Gasteiger partial charge in [0, 0.05) is 17.1 Å². The van der Waals surface area contributed by atoms with Gasteiger partial charge in [-0.3, -0.25) is 4.79 Å². The maximum absolute atomic E-state index is 11.7. The summed E-state index contributed by atoms with van der Waals surface area (Å²) < 4.78 is 10.9. The van der Waals surface area contributed by atoms with E-state index >= 15 is 0 Å². The molecule has 0 aliphatic heterocycles. The Morgan fingerprint density at radius 1 is 1.13 bits per heavy atom. The minimum absolute atomic E-state index is 0.0366. The normalized spacial score (nSPS) is 10.3. The summed E-state index contributed by atoms with van der Waals surface area (Å²) in [5.74, 6) is 0.612. The summed E-state index contributed by atoms with van der Waals surface area (Å²) in [6, 6.07) is 14.8. The third-order valence-electron chi connectivity index (χ3n) is 3.05. The number of carbonyl (C=O) groups excluding carboxylic acids is 1. The number of rotatable bonds is 8. The fourth-order valence-electron chi connectivity index (χ4n) is 1.97. The highest BCUT2D eigenvalue weighted by Crippen LogP contribution is 2.15. The second kappa shape index (κ2) is 9.18. The van der Waals surface area contributed by atoms with Crippen molar-refractivity contribution >= 4 is 23.2 Å². The van der Waals surface area contributed by atoms with Crippen molar-refractivity contribution in [1.29, 1.82) is 0 Å². The van der Waals surface area contributed by atoms with E-state index in [0.717, 1.165) is 17.0 Å². The zero-order chi connectivity index (χ0) is 16.5. The Morgan fingerprint density at radius 3 is 2.65 bits per heavy atom. The quantitative estimate of drug-likeness (QED) is 0.741. The highest BCUT2D eigenvalue weighted by Gasteiger charge is 2.02. The number of aryl methyl sites for hydroxylation is 1. The molecule has 0 radical (unpaired) electrons. The number of hydrogen-bond acceptors (Lipinski definition) is 3. The molecule has 0 unspecified atom stereocenters. The number of amides is 1. The molecule has 1 N–H and O–H groups in total. The molecule has 0 bridgehead atoms. The van der Waals surface area contributed by atoms with Gasteiger partial charge in [0.15, 0.2) is 0 Å². The van der Waals surface area contributed by atoms with Crippen LogP contribution in [0.5, 0.6) is 5.75 Å². The average molecular weight is 334 g/mol.